The summed E-state index contributed by atoms with van der Waals surface area (Å²) in [6.45, 7) is 0.435. The van der Waals surface area contributed by atoms with Gasteiger partial charge in [0.15, 0.2) is 0 Å². The number of aromatic amines is 1. The molecule has 1 aromatic heterocycles. The fourth-order valence-electron chi connectivity index (χ4n) is 2.59. The number of alkyl halides is 2. The van der Waals surface area contributed by atoms with E-state index < -0.39 is 64.3 Å². The van der Waals surface area contributed by atoms with E-state index in [9.17, 15) is 37.0 Å². The third-order valence-electron chi connectivity index (χ3n) is 4.19. The van der Waals surface area contributed by atoms with Crippen molar-refractivity contribution in [3.05, 3.63) is 43.0 Å². The Morgan fingerprint density at radius 1 is 1.39 bits per heavy atom. The number of hydrogen-bond acceptors (Lipinski definition) is 9. The van der Waals surface area contributed by atoms with Gasteiger partial charge in [0.25, 0.3) is 13.0 Å². The minimum Gasteiger partial charge on any atom is -0.352 e. The Balaban J connectivity index is 2.19. The number of rotatable bonds is 9. The molecule has 1 saturated heterocycles. The monoisotopic (exact) mass is 535 g/mol. The number of ether oxygens (including phenoxy) is 1. The van der Waals surface area contributed by atoms with E-state index in [1.165, 1.54) is 6.92 Å². The molecule has 0 saturated carbocycles. The number of hydrogen-bond donors (Lipinski definition) is 4. The highest BCUT2D eigenvalue weighted by atomic mass is 31.3. The highest BCUT2D eigenvalue weighted by Crippen LogP contribution is 2.77. The van der Waals surface area contributed by atoms with Crippen LogP contribution >= 0.6 is 22.7 Å². The molecule has 2 radical (unpaired) electrons. The number of aromatic nitrogens is 2. The highest BCUT2D eigenvalue weighted by molar-refractivity contribution is 7.86. The van der Waals surface area contributed by atoms with Gasteiger partial charge in [-0.1, -0.05) is 5.11 Å². The summed E-state index contributed by atoms with van der Waals surface area (Å²) in [7, 11) is -13.5. The van der Waals surface area contributed by atoms with Gasteiger partial charge in [-0.15, -0.1) is 0 Å². The van der Waals surface area contributed by atoms with Crippen LogP contribution in [0.5, 0.6) is 0 Å². The van der Waals surface area contributed by atoms with Crippen LogP contribution < -0.4 is 11.2 Å². The first-order valence-corrected chi connectivity index (χ1v) is 13.2. The van der Waals surface area contributed by atoms with Crippen LogP contribution in [0.25, 0.3) is 10.4 Å². The van der Waals surface area contributed by atoms with Crippen molar-refractivity contribution in [3.63, 3.8) is 0 Å². The summed E-state index contributed by atoms with van der Waals surface area (Å²) < 4.78 is 76.0. The molecule has 5 atom stereocenters. The molecule has 0 aromatic carbocycles. The van der Waals surface area contributed by atoms with Crippen molar-refractivity contribution in [1.82, 2.24) is 9.55 Å². The largest absolute Gasteiger partial charge is 0.444 e. The Morgan fingerprint density at radius 2 is 2.00 bits per heavy atom. The smallest absolute Gasteiger partial charge is 0.352 e. The molecule has 0 bridgehead atoms. The minimum absolute atomic E-state index is 0.128. The quantitative estimate of drug-likeness (QED) is 0.114. The van der Waals surface area contributed by atoms with Crippen molar-refractivity contribution in [2.75, 3.05) is 6.61 Å². The van der Waals surface area contributed by atoms with E-state index >= 15 is 0 Å². The van der Waals surface area contributed by atoms with Gasteiger partial charge in [0, 0.05) is 23.1 Å². The summed E-state index contributed by atoms with van der Waals surface area (Å²) in [5.41, 5.74) is 7.28. The van der Waals surface area contributed by atoms with E-state index in [1.54, 1.807) is 0 Å². The van der Waals surface area contributed by atoms with Crippen molar-refractivity contribution in [2.45, 2.75) is 37.1 Å². The summed E-state index contributed by atoms with van der Waals surface area (Å²) >= 11 is 0. The van der Waals surface area contributed by atoms with Gasteiger partial charge in [-0.2, -0.15) is 8.78 Å². The van der Waals surface area contributed by atoms with E-state index in [0.717, 1.165) is 10.8 Å². The average Bonchev–Trinajstić information content (AvgIpc) is 3.04. The Labute approximate surface area is 183 Å². The molecule has 16 nitrogen and oxygen atoms in total. The molecule has 1 aliphatic heterocycles. The van der Waals surface area contributed by atoms with Crippen molar-refractivity contribution >= 4 is 30.2 Å². The van der Waals surface area contributed by atoms with Crippen LogP contribution in [0, 0.1) is 6.92 Å². The summed E-state index contributed by atoms with van der Waals surface area (Å²) in [6.07, 6.45) is -1.51. The standard InChI is InChI=1S/C11H15BF2N5O11P3/c1-5-3-19(10(21)16-9(5)20)8-2-6(17-18-15)7(29-8)4-28-33(12,27)30-32(25,26)11(13,14)31(22,23)24/h3,6-8H,2,4H2,1H3,(H,25,26)(H,16,20,21)(H2,22,23,24)/t6-,7+,8+,33?/m1/s1. The lowest BCUT2D eigenvalue weighted by atomic mass is 10.1. The second-order valence-electron chi connectivity index (χ2n) is 6.61. The summed E-state index contributed by atoms with van der Waals surface area (Å²) in [5, 5.41) is -2.26. The zero-order valence-corrected chi connectivity index (χ0v) is 19.0. The number of azide groups is 1. The van der Waals surface area contributed by atoms with E-state index in [0.29, 0.717) is 0 Å². The van der Waals surface area contributed by atoms with Crippen LogP contribution in [0.4, 0.5) is 8.78 Å². The molecule has 2 heterocycles. The molecular formula is C11H15BF2N5O11P3. The van der Waals surface area contributed by atoms with Crippen molar-refractivity contribution in [2.24, 2.45) is 5.11 Å². The van der Waals surface area contributed by atoms with Crippen LogP contribution in [-0.2, 0) is 27.3 Å². The molecule has 1 aromatic rings. The zero-order chi connectivity index (χ0) is 25.4. The molecule has 4 N–H and O–H groups in total. The van der Waals surface area contributed by atoms with Crippen molar-refractivity contribution in [3.8, 4) is 0 Å². The predicted molar refractivity (Wildman–Crippen MR) is 105 cm³/mol. The Kier molecular flexibility index (Phi) is 7.99. The first kappa shape index (κ1) is 27.6. The molecule has 1 fully saturated rings. The Bertz CT molecular complexity index is 1230. The normalized spacial score (nSPS) is 25.1. The molecular weight excluding hydrogens is 520 g/mol. The molecule has 2 unspecified atom stereocenters. The second-order valence-corrected chi connectivity index (χ2v) is 12.2. The first-order chi connectivity index (χ1) is 14.9. The van der Waals surface area contributed by atoms with Crippen LogP contribution in [0.2, 0.25) is 0 Å². The van der Waals surface area contributed by atoms with Crippen molar-refractivity contribution < 1.29 is 50.7 Å². The zero-order valence-electron chi connectivity index (χ0n) is 16.3. The molecule has 0 aliphatic carbocycles. The topological polar surface area (TPSA) is 243 Å². The number of halogens is 2. The molecule has 33 heavy (non-hydrogen) atoms. The van der Waals surface area contributed by atoms with Crippen LogP contribution in [0.1, 0.15) is 18.2 Å². The first-order valence-electron chi connectivity index (χ1n) is 8.44. The van der Waals surface area contributed by atoms with Crippen LogP contribution in [0.3, 0.4) is 0 Å². The third-order valence-corrected chi connectivity index (χ3v) is 9.42. The lowest BCUT2D eigenvalue weighted by molar-refractivity contribution is -0.0232. The van der Waals surface area contributed by atoms with Gasteiger partial charge in [-0.3, -0.25) is 28.0 Å². The van der Waals surface area contributed by atoms with E-state index in [2.05, 4.69) is 18.9 Å². The van der Waals surface area contributed by atoms with Crippen LogP contribution in [-0.4, -0.2) is 56.0 Å². The number of nitrogens with zero attached hydrogens (tertiary/aromatic N) is 4. The predicted octanol–water partition coefficient (Wildman–Crippen LogP) is 1.03. The van der Waals surface area contributed by atoms with Gasteiger partial charge in [0.2, 0.25) is 7.57 Å². The van der Waals surface area contributed by atoms with E-state index in [1.807, 2.05) is 4.98 Å². The fourth-order valence-corrected chi connectivity index (χ4v) is 6.41. The fraction of sp³-hybridized carbons (Fsp3) is 0.636. The minimum atomic E-state index is -6.62. The number of nitrogens with one attached hydrogen (secondary N) is 1. The number of aryl methyl sites for hydroxylation is 1. The molecule has 182 valence electrons. The number of H-pyrrole nitrogens is 1. The van der Waals surface area contributed by atoms with Crippen LogP contribution in [0.15, 0.2) is 20.9 Å². The molecule has 1 aliphatic rings. The van der Waals surface area contributed by atoms with Gasteiger partial charge in [0.1, 0.15) is 6.23 Å². The van der Waals surface area contributed by atoms with E-state index in [4.69, 9.17) is 27.6 Å². The summed E-state index contributed by atoms with van der Waals surface area (Å²) in [6, 6.07) is -1.11. The van der Waals surface area contributed by atoms with Gasteiger partial charge < -0.3 is 23.9 Å². The Morgan fingerprint density at radius 3 is 2.55 bits per heavy atom. The maximum absolute atomic E-state index is 13.5. The lowest BCUT2D eigenvalue weighted by Crippen LogP contribution is -2.33. The summed E-state index contributed by atoms with van der Waals surface area (Å²) in [4.78, 5) is 54.3. The van der Waals surface area contributed by atoms with Gasteiger partial charge >= 0.3 is 26.3 Å². The maximum Gasteiger partial charge on any atom is 0.444 e. The highest BCUT2D eigenvalue weighted by Gasteiger charge is 2.66. The third kappa shape index (κ3) is 6.08. The van der Waals surface area contributed by atoms with Gasteiger partial charge in [-0.25, -0.2) is 9.11 Å². The summed E-state index contributed by atoms with van der Waals surface area (Å²) in [5.74, 6) is 0. The van der Waals surface area contributed by atoms with Gasteiger partial charge in [0.05, 0.1) is 18.8 Å². The van der Waals surface area contributed by atoms with Gasteiger partial charge in [-0.05, 0) is 12.5 Å². The average molecular weight is 535 g/mol. The SMILES string of the molecule is [B]P(=O)(OC[C@@H]1O[C@H](n2cc(C)c(=O)[nH]c2=O)C[C@H]1N=[N+]=[N-])OP(=O)(O)C(F)(F)P(=O)(O)O. The molecule has 0 spiro atoms. The Hall–Kier alpha value is -1.64. The maximum atomic E-state index is 13.5. The molecule has 2 rings (SSSR count). The second kappa shape index (κ2) is 9.55. The van der Waals surface area contributed by atoms with E-state index in [-0.39, 0.29) is 12.0 Å². The lowest BCUT2D eigenvalue weighted by Gasteiger charge is -2.26. The molecule has 0 amide bonds. The van der Waals surface area contributed by atoms with Crippen molar-refractivity contribution in [1.29, 1.82) is 0 Å². The molecule has 22 heteroatoms.